The van der Waals surface area contributed by atoms with Crippen molar-refractivity contribution in [2.75, 3.05) is 0 Å². The Labute approximate surface area is 88.9 Å². The Morgan fingerprint density at radius 3 is 2.87 bits per heavy atom. The summed E-state index contributed by atoms with van der Waals surface area (Å²) in [5.41, 5.74) is 8.44. The topological polar surface area (TPSA) is 43.8 Å². The third kappa shape index (κ3) is 1.35. The third-order valence-electron chi connectivity index (χ3n) is 3.23. The molecule has 3 heteroatoms. The highest BCUT2D eigenvalue weighted by Gasteiger charge is 2.32. The first-order valence-electron chi connectivity index (χ1n) is 5.44. The van der Waals surface area contributed by atoms with Crippen LogP contribution in [0.15, 0.2) is 24.3 Å². The Morgan fingerprint density at radius 2 is 2.13 bits per heavy atom. The molecule has 1 heterocycles. The van der Waals surface area contributed by atoms with Crippen LogP contribution in [0.4, 0.5) is 0 Å². The molecule has 1 aromatic heterocycles. The smallest absolute Gasteiger partial charge is 0.0873 e. The van der Waals surface area contributed by atoms with Gasteiger partial charge in [-0.05, 0) is 24.8 Å². The van der Waals surface area contributed by atoms with E-state index in [2.05, 4.69) is 17.2 Å². The fourth-order valence-corrected chi connectivity index (χ4v) is 2.17. The molecule has 3 rings (SSSR count). The van der Waals surface area contributed by atoms with E-state index in [1.807, 2.05) is 23.9 Å². The van der Waals surface area contributed by atoms with Gasteiger partial charge in [0.25, 0.3) is 0 Å². The summed E-state index contributed by atoms with van der Waals surface area (Å²) in [5, 5.41) is 5.75. The van der Waals surface area contributed by atoms with Crippen LogP contribution in [0.1, 0.15) is 24.6 Å². The van der Waals surface area contributed by atoms with E-state index in [0.29, 0.717) is 5.92 Å². The maximum atomic E-state index is 6.20. The normalized spacial score (nSPS) is 18.3. The highest BCUT2D eigenvalue weighted by atomic mass is 15.3. The van der Waals surface area contributed by atoms with Gasteiger partial charge in [-0.3, -0.25) is 4.68 Å². The molecule has 1 atom stereocenters. The first kappa shape index (κ1) is 8.92. The zero-order valence-corrected chi connectivity index (χ0v) is 8.85. The van der Waals surface area contributed by atoms with Crippen molar-refractivity contribution in [1.82, 2.24) is 9.78 Å². The second-order valence-corrected chi connectivity index (χ2v) is 4.39. The number of rotatable bonds is 2. The number of fused-ring (bicyclic) bond motifs is 1. The van der Waals surface area contributed by atoms with Crippen molar-refractivity contribution >= 4 is 10.9 Å². The Morgan fingerprint density at radius 1 is 1.40 bits per heavy atom. The zero-order valence-electron chi connectivity index (χ0n) is 8.85. The van der Waals surface area contributed by atoms with Crippen LogP contribution in [0, 0.1) is 5.92 Å². The fraction of sp³-hybridized carbons (Fsp3) is 0.417. The number of aryl methyl sites for hydroxylation is 1. The van der Waals surface area contributed by atoms with Gasteiger partial charge in [0, 0.05) is 12.4 Å². The van der Waals surface area contributed by atoms with E-state index in [1.165, 1.54) is 23.7 Å². The monoisotopic (exact) mass is 201 g/mol. The molecule has 1 fully saturated rings. The van der Waals surface area contributed by atoms with Crippen LogP contribution in [0.5, 0.6) is 0 Å². The minimum absolute atomic E-state index is 0.121. The lowest BCUT2D eigenvalue weighted by molar-refractivity contribution is 0.601. The number of hydrogen-bond donors (Lipinski definition) is 1. The second kappa shape index (κ2) is 3.07. The minimum Gasteiger partial charge on any atom is -0.322 e. The fourth-order valence-electron chi connectivity index (χ4n) is 2.17. The number of aromatic nitrogens is 2. The van der Waals surface area contributed by atoms with E-state index in [-0.39, 0.29) is 6.04 Å². The first-order valence-corrected chi connectivity index (χ1v) is 5.44. The second-order valence-electron chi connectivity index (χ2n) is 4.39. The van der Waals surface area contributed by atoms with Crippen molar-refractivity contribution in [1.29, 1.82) is 0 Å². The summed E-state index contributed by atoms with van der Waals surface area (Å²) in [5.74, 6) is 0.656. The average molecular weight is 201 g/mol. The molecule has 0 saturated heterocycles. The van der Waals surface area contributed by atoms with Crippen molar-refractivity contribution in [2.45, 2.75) is 18.9 Å². The Bertz CT molecular complexity index is 497. The molecule has 0 bridgehead atoms. The van der Waals surface area contributed by atoms with Gasteiger partial charge in [0.2, 0.25) is 0 Å². The van der Waals surface area contributed by atoms with Crippen LogP contribution in [0.25, 0.3) is 10.9 Å². The maximum Gasteiger partial charge on any atom is 0.0873 e. The number of nitrogens with two attached hydrogens (primary N) is 1. The van der Waals surface area contributed by atoms with E-state index in [1.54, 1.807) is 0 Å². The minimum atomic E-state index is 0.121. The van der Waals surface area contributed by atoms with Crippen LogP contribution in [0.2, 0.25) is 0 Å². The SMILES string of the molecule is Cn1nc(C(N)C2CC2)c2ccccc21. The van der Waals surface area contributed by atoms with Gasteiger partial charge in [0.1, 0.15) is 0 Å². The van der Waals surface area contributed by atoms with Gasteiger partial charge in [-0.2, -0.15) is 5.10 Å². The van der Waals surface area contributed by atoms with Gasteiger partial charge >= 0.3 is 0 Å². The molecule has 1 saturated carbocycles. The van der Waals surface area contributed by atoms with Crippen molar-refractivity contribution < 1.29 is 0 Å². The third-order valence-corrected chi connectivity index (χ3v) is 3.23. The predicted molar refractivity (Wildman–Crippen MR) is 60.4 cm³/mol. The van der Waals surface area contributed by atoms with Gasteiger partial charge < -0.3 is 5.73 Å². The molecule has 0 amide bonds. The molecule has 0 radical (unpaired) electrons. The lowest BCUT2D eigenvalue weighted by Crippen LogP contribution is -2.13. The van der Waals surface area contributed by atoms with Crippen molar-refractivity contribution in [3.05, 3.63) is 30.0 Å². The summed E-state index contributed by atoms with van der Waals surface area (Å²) in [6.07, 6.45) is 2.51. The van der Waals surface area contributed by atoms with Gasteiger partial charge in [0.05, 0.1) is 17.3 Å². The molecule has 1 aliphatic carbocycles. The van der Waals surface area contributed by atoms with Crippen LogP contribution in [-0.4, -0.2) is 9.78 Å². The Hall–Kier alpha value is -1.35. The first-order chi connectivity index (χ1) is 7.27. The van der Waals surface area contributed by atoms with Crippen molar-refractivity contribution in [3.8, 4) is 0 Å². The van der Waals surface area contributed by atoms with E-state index >= 15 is 0 Å². The van der Waals surface area contributed by atoms with E-state index in [9.17, 15) is 0 Å². The summed E-state index contributed by atoms with van der Waals surface area (Å²) < 4.78 is 1.92. The average Bonchev–Trinajstić information content (AvgIpc) is 3.04. The molecule has 2 N–H and O–H groups in total. The molecule has 78 valence electrons. The Balaban J connectivity index is 2.17. The number of hydrogen-bond acceptors (Lipinski definition) is 2. The quantitative estimate of drug-likeness (QED) is 0.807. The number of nitrogens with zero attached hydrogens (tertiary/aromatic N) is 2. The van der Waals surface area contributed by atoms with Crippen LogP contribution < -0.4 is 5.73 Å². The molecular formula is C12H15N3. The summed E-state index contributed by atoms with van der Waals surface area (Å²) >= 11 is 0. The molecule has 0 aliphatic heterocycles. The van der Waals surface area contributed by atoms with E-state index in [4.69, 9.17) is 5.73 Å². The standard InChI is InChI=1S/C12H15N3/c1-15-10-5-3-2-4-9(10)12(14-15)11(13)8-6-7-8/h2-5,8,11H,6-7,13H2,1H3. The molecule has 1 unspecified atom stereocenters. The van der Waals surface area contributed by atoms with Crippen LogP contribution in [-0.2, 0) is 7.05 Å². The summed E-state index contributed by atoms with van der Waals surface area (Å²) in [6, 6.07) is 8.41. The summed E-state index contributed by atoms with van der Waals surface area (Å²) in [4.78, 5) is 0. The molecule has 15 heavy (non-hydrogen) atoms. The maximum absolute atomic E-state index is 6.20. The molecule has 0 spiro atoms. The van der Waals surface area contributed by atoms with Crippen LogP contribution in [0.3, 0.4) is 0 Å². The summed E-state index contributed by atoms with van der Waals surface area (Å²) in [7, 11) is 1.98. The van der Waals surface area contributed by atoms with Gasteiger partial charge in [-0.1, -0.05) is 18.2 Å². The highest BCUT2D eigenvalue weighted by Crippen LogP contribution is 2.40. The van der Waals surface area contributed by atoms with E-state index < -0.39 is 0 Å². The van der Waals surface area contributed by atoms with Crippen LogP contribution >= 0.6 is 0 Å². The lowest BCUT2D eigenvalue weighted by Gasteiger charge is -2.06. The predicted octanol–water partition coefficient (Wildman–Crippen LogP) is 1.98. The largest absolute Gasteiger partial charge is 0.322 e. The van der Waals surface area contributed by atoms with Gasteiger partial charge in [-0.15, -0.1) is 0 Å². The van der Waals surface area contributed by atoms with Crippen molar-refractivity contribution in [3.63, 3.8) is 0 Å². The van der Waals surface area contributed by atoms with Crippen molar-refractivity contribution in [2.24, 2.45) is 18.7 Å². The summed E-state index contributed by atoms with van der Waals surface area (Å²) in [6.45, 7) is 0. The number of benzene rings is 1. The van der Waals surface area contributed by atoms with Gasteiger partial charge in [0.15, 0.2) is 0 Å². The van der Waals surface area contributed by atoms with Gasteiger partial charge in [-0.25, -0.2) is 0 Å². The number of para-hydroxylation sites is 1. The molecule has 3 nitrogen and oxygen atoms in total. The molecule has 1 aromatic carbocycles. The molecule has 2 aromatic rings. The lowest BCUT2D eigenvalue weighted by atomic mass is 10.1. The zero-order chi connectivity index (χ0) is 10.4. The Kier molecular flexibility index (Phi) is 1.83. The van der Waals surface area contributed by atoms with E-state index in [0.717, 1.165) is 5.69 Å². The molecular weight excluding hydrogens is 186 g/mol. The molecule has 1 aliphatic rings. The highest BCUT2D eigenvalue weighted by molar-refractivity contribution is 5.82.